The lowest BCUT2D eigenvalue weighted by molar-refractivity contribution is -0.103. The summed E-state index contributed by atoms with van der Waals surface area (Å²) >= 11 is 0. The monoisotopic (exact) mass is 296 g/mol. The zero-order valence-electron chi connectivity index (χ0n) is 12.7. The van der Waals surface area contributed by atoms with Gasteiger partial charge in [-0.15, -0.1) is 0 Å². The van der Waals surface area contributed by atoms with Crippen molar-refractivity contribution in [3.05, 3.63) is 29.3 Å². The Morgan fingerprint density at radius 3 is 2.29 bits per heavy atom. The van der Waals surface area contributed by atoms with Gasteiger partial charge in [0.25, 0.3) is 5.92 Å². The average Bonchev–Trinajstić information content (AvgIpc) is 2.58. The van der Waals surface area contributed by atoms with E-state index in [1.165, 1.54) is 6.07 Å². The maximum atomic E-state index is 14.0. The molecular formula is C15H19BF2O3. The molecule has 1 saturated heterocycles. The van der Waals surface area contributed by atoms with Crippen LogP contribution in [-0.4, -0.2) is 24.9 Å². The van der Waals surface area contributed by atoms with Crippen molar-refractivity contribution in [1.82, 2.24) is 0 Å². The van der Waals surface area contributed by atoms with Crippen molar-refractivity contribution >= 4 is 12.6 Å². The summed E-state index contributed by atoms with van der Waals surface area (Å²) in [7, 11) is -0.626. The Labute approximate surface area is 123 Å². The molecule has 1 aromatic rings. The second-order valence-corrected chi connectivity index (χ2v) is 6.70. The number of hydrogen-bond donors (Lipinski definition) is 0. The summed E-state index contributed by atoms with van der Waals surface area (Å²) in [5.41, 5.74) is 0.180. The van der Waals surface area contributed by atoms with E-state index in [1.54, 1.807) is 12.1 Å². The Kier molecular flexibility index (Phi) is 3.21. The highest BCUT2D eigenvalue weighted by atomic mass is 19.3. The fourth-order valence-electron chi connectivity index (χ4n) is 2.55. The lowest BCUT2D eigenvalue weighted by Crippen LogP contribution is -2.41. The number of ether oxygens (including phenoxy) is 1. The first kappa shape index (κ1) is 14.9. The third-order valence-electron chi connectivity index (χ3n) is 4.59. The van der Waals surface area contributed by atoms with E-state index in [-0.39, 0.29) is 12.2 Å². The lowest BCUT2D eigenvalue weighted by Gasteiger charge is -2.32. The molecule has 6 heteroatoms. The van der Waals surface area contributed by atoms with Crippen LogP contribution in [0.3, 0.4) is 0 Å². The van der Waals surface area contributed by atoms with Crippen LogP contribution in [0.15, 0.2) is 18.2 Å². The van der Waals surface area contributed by atoms with Crippen molar-refractivity contribution in [2.24, 2.45) is 0 Å². The van der Waals surface area contributed by atoms with Crippen LogP contribution in [0.1, 0.15) is 38.8 Å². The molecule has 0 amide bonds. The number of halogens is 2. The van der Waals surface area contributed by atoms with Gasteiger partial charge >= 0.3 is 7.12 Å². The van der Waals surface area contributed by atoms with Crippen molar-refractivity contribution in [2.45, 2.75) is 51.4 Å². The van der Waals surface area contributed by atoms with Crippen molar-refractivity contribution in [3.63, 3.8) is 0 Å². The zero-order valence-corrected chi connectivity index (χ0v) is 12.7. The van der Waals surface area contributed by atoms with E-state index in [0.717, 1.165) is 0 Å². The van der Waals surface area contributed by atoms with Gasteiger partial charge in [0.2, 0.25) is 0 Å². The van der Waals surface area contributed by atoms with Gasteiger partial charge in [-0.1, -0.05) is 18.2 Å². The summed E-state index contributed by atoms with van der Waals surface area (Å²) in [6.45, 7) is 7.39. The highest BCUT2D eigenvalue weighted by Gasteiger charge is 2.52. The van der Waals surface area contributed by atoms with Crippen molar-refractivity contribution in [3.8, 4) is 0 Å². The van der Waals surface area contributed by atoms with Crippen LogP contribution in [-0.2, 0) is 26.6 Å². The van der Waals surface area contributed by atoms with E-state index >= 15 is 0 Å². The Balaban J connectivity index is 1.95. The first-order valence-electron chi connectivity index (χ1n) is 7.07. The van der Waals surface area contributed by atoms with Gasteiger partial charge in [-0.3, -0.25) is 0 Å². The summed E-state index contributed by atoms with van der Waals surface area (Å²) in [5.74, 6) is -2.97. The molecular weight excluding hydrogens is 277 g/mol. The molecule has 0 aliphatic carbocycles. The summed E-state index contributed by atoms with van der Waals surface area (Å²) in [6, 6.07) is 4.93. The number of benzene rings is 1. The van der Waals surface area contributed by atoms with Crippen LogP contribution in [0.2, 0.25) is 0 Å². The molecule has 0 unspecified atom stereocenters. The summed E-state index contributed by atoms with van der Waals surface area (Å²) in [5, 5.41) is 0. The number of hydrogen-bond acceptors (Lipinski definition) is 3. The van der Waals surface area contributed by atoms with Crippen LogP contribution in [0.5, 0.6) is 0 Å². The highest BCUT2D eigenvalue weighted by Crippen LogP contribution is 2.38. The molecule has 114 valence electrons. The Bertz CT molecular complexity index is 556. The highest BCUT2D eigenvalue weighted by molar-refractivity contribution is 6.62. The predicted molar refractivity (Wildman–Crippen MR) is 75.7 cm³/mol. The minimum absolute atomic E-state index is 0.0148. The van der Waals surface area contributed by atoms with Gasteiger partial charge in [-0.25, -0.2) is 0 Å². The van der Waals surface area contributed by atoms with Gasteiger partial charge in [0, 0.05) is 5.56 Å². The minimum atomic E-state index is -2.97. The van der Waals surface area contributed by atoms with Gasteiger partial charge in [0.1, 0.15) is 6.61 Å². The number of rotatable bonds is 1. The zero-order chi connectivity index (χ0) is 15.5. The topological polar surface area (TPSA) is 27.7 Å². The quantitative estimate of drug-likeness (QED) is 0.746. The van der Waals surface area contributed by atoms with Gasteiger partial charge < -0.3 is 14.0 Å². The fourth-order valence-corrected chi connectivity index (χ4v) is 2.55. The first-order chi connectivity index (χ1) is 9.62. The van der Waals surface area contributed by atoms with Crippen LogP contribution in [0.25, 0.3) is 0 Å². The molecule has 0 radical (unpaired) electrons. The van der Waals surface area contributed by atoms with E-state index in [1.807, 2.05) is 27.7 Å². The maximum Gasteiger partial charge on any atom is 0.494 e. The van der Waals surface area contributed by atoms with E-state index < -0.39 is 30.8 Å². The van der Waals surface area contributed by atoms with Crippen LogP contribution in [0, 0.1) is 0 Å². The molecule has 0 N–H and O–H groups in total. The Morgan fingerprint density at radius 1 is 1.05 bits per heavy atom. The van der Waals surface area contributed by atoms with Crippen molar-refractivity contribution in [2.75, 3.05) is 6.61 Å². The number of alkyl halides is 2. The second kappa shape index (κ2) is 4.51. The molecule has 3 nitrogen and oxygen atoms in total. The molecule has 0 saturated carbocycles. The molecule has 2 aliphatic rings. The Morgan fingerprint density at radius 2 is 1.67 bits per heavy atom. The molecule has 0 atom stereocenters. The Hall–Kier alpha value is -0.975. The largest absolute Gasteiger partial charge is 0.494 e. The molecule has 0 spiro atoms. The third kappa shape index (κ3) is 2.39. The van der Waals surface area contributed by atoms with Gasteiger partial charge in [0.15, 0.2) is 0 Å². The van der Waals surface area contributed by atoms with Gasteiger partial charge in [0.05, 0.1) is 17.8 Å². The van der Waals surface area contributed by atoms with Crippen LogP contribution >= 0.6 is 0 Å². The van der Waals surface area contributed by atoms with Crippen LogP contribution in [0.4, 0.5) is 8.78 Å². The summed E-state index contributed by atoms with van der Waals surface area (Å²) in [6.07, 6.45) is 0. The molecule has 21 heavy (non-hydrogen) atoms. The van der Waals surface area contributed by atoms with E-state index in [2.05, 4.69) is 0 Å². The molecule has 0 aromatic heterocycles. The van der Waals surface area contributed by atoms with Crippen molar-refractivity contribution in [1.29, 1.82) is 0 Å². The normalized spacial score (nSPS) is 25.7. The van der Waals surface area contributed by atoms with E-state index in [9.17, 15) is 8.78 Å². The SMILES string of the molecule is CC1(C)OB(c2ccc3c(c2)C(F)(F)COC3)OC1(C)C. The molecule has 3 rings (SSSR count). The van der Waals surface area contributed by atoms with E-state index in [0.29, 0.717) is 11.0 Å². The molecule has 2 aliphatic heterocycles. The maximum absolute atomic E-state index is 14.0. The second-order valence-electron chi connectivity index (χ2n) is 6.70. The summed E-state index contributed by atoms with van der Waals surface area (Å²) < 4.78 is 44.7. The van der Waals surface area contributed by atoms with Crippen LogP contribution < -0.4 is 5.46 Å². The predicted octanol–water partition coefficient (Wildman–Crippen LogP) is 2.61. The average molecular weight is 296 g/mol. The third-order valence-corrected chi connectivity index (χ3v) is 4.59. The molecule has 2 heterocycles. The molecule has 1 fully saturated rings. The van der Waals surface area contributed by atoms with Gasteiger partial charge in [-0.2, -0.15) is 8.78 Å². The summed E-state index contributed by atoms with van der Waals surface area (Å²) in [4.78, 5) is 0. The fraction of sp³-hybridized carbons (Fsp3) is 0.600. The molecule has 0 bridgehead atoms. The lowest BCUT2D eigenvalue weighted by atomic mass is 9.77. The smallest absolute Gasteiger partial charge is 0.399 e. The number of fused-ring (bicyclic) bond motifs is 1. The van der Waals surface area contributed by atoms with Crippen molar-refractivity contribution < 1.29 is 22.8 Å². The standard InChI is InChI=1S/C15H19BF2O3/c1-13(2)14(3,4)21-16(20-13)11-6-5-10-8-19-9-15(17,18)12(10)7-11/h5-7H,8-9H2,1-4H3. The first-order valence-corrected chi connectivity index (χ1v) is 7.07. The van der Waals surface area contributed by atoms with Gasteiger partial charge in [-0.05, 0) is 38.7 Å². The minimum Gasteiger partial charge on any atom is -0.399 e. The van der Waals surface area contributed by atoms with E-state index in [4.69, 9.17) is 14.0 Å². The molecule has 1 aromatic carbocycles.